The summed E-state index contributed by atoms with van der Waals surface area (Å²) in [6, 6.07) is -1.12. The van der Waals surface area contributed by atoms with E-state index in [4.69, 9.17) is 15.9 Å². The Morgan fingerprint density at radius 1 is 1.43 bits per heavy atom. The van der Waals surface area contributed by atoms with Crippen LogP contribution in [0.4, 0.5) is 0 Å². The van der Waals surface area contributed by atoms with Crippen LogP contribution in [0.1, 0.15) is 12.8 Å². The van der Waals surface area contributed by atoms with Crippen molar-refractivity contribution in [1.82, 2.24) is 0 Å². The number of hydrogen-bond acceptors (Lipinski definition) is 3. The van der Waals surface area contributed by atoms with Crippen molar-refractivity contribution < 1.29 is 19.8 Å². The van der Waals surface area contributed by atoms with E-state index in [2.05, 4.69) is 6.58 Å². The summed E-state index contributed by atoms with van der Waals surface area (Å²) in [7, 11) is 0. The highest BCUT2D eigenvalue weighted by atomic mass is 16.4. The van der Waals surface area contributed by atoms with Crippen LogP contribution < -0.4 is 5.73 Å². The zero-order chi connectivity index (χ0) is 10.9. The third-order valence-corrected chi connectivity index (χ3v) is 2.61. The molecular formula is C9H13NO4. The molecule has 1 fully saturated rings. The minimum absolute atomic E-state index is 0.334. The standard InChI is InChI=1S/C9H13NO4/c1-4-2-5(7(10)9(13)14)6(3-4)8(11)12/h5-7H,1-3,10H2,(H,11,12)(H,13,14)/t5-,6+,7+/m1/s1. The average molecular weight is 199 g/mol. The molecule has 78 valence electrons. The van der Waals surface area contributed by atoms with Crippen molar-refractivity contribution >= 4 is 11.9 Å². The Labute approximate surface area is 81.2 Å². The molecule has 0 unspecified atom stereocenters. The number of carboxylic acids is 2. The van der Waals surface area contributed by atoms with E-state index < -0.39 is 29.8 Å². The molecule has 5 nitrogen and oxygen atoms in total. The molecule has 0 spiro atoms. The number of rotatable bonds is 3. The quantitative estimate of drug-likeness (QED) is 0.558. The Hall–Kier alpha value is -1.36. The minimum Gasteiger partial charge on any atom is -0.481 e. The molecular weight excluding hydrogens is 186 g/mol. The van der Waals surface area contributed by atoms with Crippen LogP contribution >= 0.6 is 0 Å². The third-order valence-electron chi connectivity index (χ3n) is 2.61. The first-order chi connectivity index (χ1) is 6.43. The Balaban J connectivity index is 2.81. The van der Waals surface area contributed by atoms with Gasteiger partial charge in [0, 0.05) is 5.92 Å². The smallest absolute Gasteiger partial charge is 0.320 e. The molecule has 0 saturated heterocycles. The van der Waals surface area contributed by atoms with Crippen molar-refractivity contribution in [2.75, 3.05) is 0 Å². The lowest BCUT2D eigenvalue weighted by atomic mass is 9.89. The van der Waals surface area contributed by atoms with Crippen LogP contribution in [-0.2, 0) is 9.59 Å². The van der Waals surface area contributed by atoms with E-state index in [1.165, 1.54) is 0 Å². The van der Waals surface area contributed by atoms with Crippen LogP contribution in [0.3, 0.4) is 0 Å². The summed E-state index contributed by atoms with van der Waals surface area (Å²) in [6.07, 6.45) is 0.728. The molecule has 1 aliphatic rings. The van der Waals surface area contributed by atoms with E-state index in [0.717, 1.165) is 5.57 Å². The van der Waals surface area contributed by atoms with Gasteiger partial charge in [-0.2, -0.15) is 0 Å². The fourth-order valence-corrected chi connectivity index (χ4v) is 1.85. The van der Waals surface area contributed by atoms with Crippen LogP contribution in [0.5, 0.6) is 0 Å². The van der Waals surface area contributed by atoms with Crippen LogP contribution in [0, 0.1) is 11.8 Å². The predicted octanol–water partition coefficient (Wildman–Crippen LogP) is 0.0653. The SMILES string of the molecule is C=C1C[C@@H]([C@H](N)C(=O)O)[C@@H](C(=O)O)C1. The Bertz CT molecular complexity index is 287. The number of nitrogens with two attached hydrogens (primary N) is 1. The fraction of sp³-hybridized carbons (Fsp3) is 0.556. The summed E-state index contributed by atoms with van der Waals surface area (Å²) in [4.78, 5) is 21.4. The molecule has 3 atom stereocenters. The average Bonchev–Trinajstić information content (AvgIpc) is 2.45. The monoisotopic (exact) mass is 199 g/mol. The molecule has 5 heteroatoms. The lowest BCUT2D eigenvalue weighted by molar-refractivity contribution is -0.145. The molecule has 1 saturated carbocycles. The molecule has 1 aliphatic carbocycles. The molecule has 0 heterocycles. The van der Waals surface area contributed by atoms with E-state index in [0.29, 0.717) is 12.8 Å². The van der Waals surface area contributed by atoms with Crippen molar-refractivity contribution in [3.63, 3.8) is 0 Å². The molecule has 0 radical (unpaired) electrons. The van der Waals surface area contributed by atoms with Gasteiger partial charge in [-0.15, -0.1) is 0 Å². The zero-order valence-corrected chi connectivity index (χ0v) is 7.64. The van der Waals surface area contributed by atoms with Gasteiger partial charge in [0.1, 0.15) is 6.04 Å². The first kappa shape index (κ1) is 10.7. The van der Waals surface area contributed by atoms with Gasteiger partial charge < -0.3 is 15.9 Å². The maximum atomic E-state index is 10.8. The zero-order valence-electron chi connectivity index (χ0n) is 7.64. The highest BCUT2D eigenvalue weighted by Gasteiger charge is 2.40. The third kappa shape index (κ3) is 1.93. The van der Waals surface area contributed by atoms with Crippen molar-refractivity contribution in [3.8, 4) is 0 Å². The van der Waals surface area contributed by atoms with E-state index in [1.807, 2.05) is 0 Å². The van der Waals surface area contributed by atoms with Gasteiger partial charge in [0.2, 0.25) is 0 Å². The van der Waals surface area contributed by atoms with Crippen molar-refractivity contribution in [3.05, 3.63) is 12.2 Å². The summed E-state index contributed by atoms with van der Waals surface area (Å²) in [6.45, 7) is 3.67. The second-order valence-corrected chi connectivity index (χ2v) is 3.63. The van der Waals surface area contributed by atoms with E-state index in [9.17, 15) is 9.59 Å². The first-order valence-electron chi connectivity index (χ1n) is 4.31. The summed E-state index contributed by atoms with van der Waals surface area (Å²) in [5, 5.41) is 17.5. The van der Waals surface area contributed by atoms with E-state index >= 15 is 0 Å². The molecule has 0 bridgehead atoms. The van der Waals surface area contributed by atoms with Gasteiger partial charge in [-0.25, -0.2) is 0 Å². The summed E-state index contributed by atoms with van der Waals surface area (Å²) >= 11 is 0. The summed E-state index contributed by atoms with van der Waals surface area (Å²) < 4.78 is 0. The highest BCUT2D eigenvalue weighted by molar-refractivity contribution is 5.77. The van der Waals surface area contributed by atoms with Crippen LogP contribution in [0.25, 0.3) is 0 Å². The Morgan fingerprint density at radius 2 is 2.00 bits per heavy atom. The van der Waals surface area contributed by atoms with Crippen LogP contribution in [-0.4, -0.2) is 28.2 Å². The molecule has 0 aliphatic heterocycles. The maximum Gasteiger partial charge on any atom is 0.320 e. The Morgan fingerprint density at radius 3 is 2.43 bits per heavy atom. The molecule has 0 amide bonds. The molecule has 4 N–H and O–H groups in total. The van der Waals surface area contributed by atoms with Gasteiger partial charge in [0.25, 0.3) is 0 Å². The van der Waals surface area contributed by atoms with Gasteiger partial charge in [-0.1, -0.05) is 12.2 Å². The predicted molar refractivity (Wildman–Crippen MR) is 48.6 cm³/mol. The minimum atomic E-state index is -1.16. The normalized spacial score (nSPS) is 28.8. The topological polar surface area (TPSA) is 101 Å². The number of allylic oxidation sites excluding steroid dienone is 1. The van der Waals surface area contributed by atoms with Crippen LogP contribution in [0.15, 0.2) is 12.2 Å². The lowest BCUT2D eigenvalue weighted by Gasteiger charge is -2.18. The maximum absolute atomic E-state index is 10.8. The number of carboxylic acid groups (broad SMARTS) is 2. The second kappa shape index (κ2) is 3.79. The number of carbonyl (C=O) groups is 2. The first-order valence-corrected chi connectivity index (χ1v) is 4.31. The van der Waals surface area contributed by atoms with Gasteiger partial charge in [0.05, 0.1) is 5.92 Å². The second-order valence-electron chi connectivity index (χ2n) is 3.63. The van der Waals surface area contributed by atoms with E-state index in [1.54, 1.807) is 0 Å². The molecule has 1 rings (SSSR count). The summed E-state index contributed by atoms with van der Waals surface area (Å²) in [5.41, 5.74) is 6.17. The molecule has 0 aromatic rings. The molecule has 0 aromatic carbocycles. The molecule has 14 heavy (non-hydrogen) atoms. The number of hydrogen-bond donors (Lipinski definition) is 3. The number of aliphatic carboxylic acids is 2. The van der Waals surface area contributed by atoms with Crippen LogP contribution in [0.2, 0.25) is 0 Å². The largest absolute Gasteiger partial charge is 0.481 e. The molecule has 0 aromatic heterocycles. The van der Waals surface area contributed by atoms with Gasteiger partial charge >= 0.3 is 11.9 Å². The van der Waals surface area contributed by atoms with Crippen molar-refractivity contribution in [1.29, 1.82) is 0 Å². The fourth-order valence-electron chi connectivity index (χ4n) is 1.85. The van der Waals surface area contributed by atoms with E-state index in [-0.39, 0.29) is 0 Å². The van der Waals surface area contributed by atoms with Gasteiger partial charge in [0.15, 0.2) is 0 Å². The summed E-state index contributed by atoms with van der Waals surface area (Å²) in [5.74, 6) is -3.38. The Kier molecular flexibility index (Phi) is 2.90. The van der Waals surface area contributed by atoms with Gasteiger partial charge in [-0.3, -0.25) is 9.59 Å². The van der Waals surface area contributed by atoms with Crippen molar-refractivity contribution in [2.24, 2.45) is 17.6 Å². The van der Waals surface area contributed by atoms with Gasteiger partial charge in [-0.05, 0) is 12.8 Å². The highest BCUT2D eigenvalue weighted by Crippen LogP contribution is 2.36. The lowest BCUT2D eigenvalue weighted by Crippen LogP contribution is -2.41. The van der Waals surface area contributed by atoms with Crippen molar-refractivity contribution in [2.45, 2.75) is 18.9 Å².